The minimum atomic E-state index is -2.81. The number of benzene rings is 1. The Morgan fingerprint density at radius 3 is 2.39 bits per heavy atom. The number of pyridine rings is 1. The summed E-state index contributed by atoms with van der Waals surface area (Å²) in [6.07, 6.45) is 1.67. The Hall–Kier alpha value is -3.46. The fourth-order valence-electron chi connectivity index (χ4n) is 3.48. The number of nitrogens with zero attached hydrogens (tertiary/aromatic N) is 5. The summed E-state index contributed by atoms with van der Waals surface area (Å²) in [4.78, 5) is 31.0. The second-order valence-corrected chi connectivity index (χ2v) is 7.50. The highest BCUT2D eigenvalue weighted by Gasteiger charge is 2.50. The van der Waals surface area contributed by atoms with Crippen molar-refractivity contribution in [3.05, 3.63) is 76.6 Å². The molecular weight excluding hydrogens is 426 g/mol. The molecule has 1 unspecified atom stereocenters. The Morgan fingerprint density at radius 2 is 1.77 bits per heavy atom. The number of guanidine groups is 1. The first-order valence-corrected chi connectivity index (χ1v) is 9.58. The van der Waals surface area contributed by atoms with Gasteiger partial charge in [-0.15, -0.1) is 0 Å². The van der Waals surface area contributed by atoms with Gasteiger partial charge in [0, 0.05) is 36.2 Å². The van der Waals surface area contributed by atoms with Crippen molar-refractivity contribution in [2.75, 3.05) is 7.05 Å². The number of nitrogens with two attached hydrogens (primary N) is 1. The van der Waals surface area contributed by atoms with Crippen molar-refractivity contribution in [1.82, 2.24) is 19.9 Å². The van der Waals surface area contributed by atoms with E-state index in [-0.39, 0.29) is 11.5 Å². The lowest BCUT2D eigenvalue weighted by Crippen LogP contribution is -2.41. The molecule has 0 saturated carbocycles. The average Bonchev–Trinajstić information content (AvgIpc) is 2.99. The molecule has 0 saturated heterocycles. The van der Waals surface area contributed by atoms with Crippen LogP contribution in [0.15, 0.2) is 53.9 Å². The zero-order valence-corrected chi connectivity index (χ0v) is 17.3. The fourth-order valence-corrected chi connectivity index (χ4v) is 3.72. The van der Waals surface area contributed by atoms with E-state index in [1.165, 1.54) is 24.2 Å². The van der Waals surface area contributed by atoms with Crippen LogP contribution in [-0.2, 0) is 10.3 Å². The van der Waals surface area contributed by atoms with Crippen molar-refractivity contribution in [1.29, 1.82) is 0 Å². The molecule has 0 bridgehead atoms. The highest BCUT2D eigenvalue weighted by molar-refractivity contribution is 6.31. The lowest BCUT2D eigenvalue weighted by molar-refractivity contribution is -0.129. The molecule has 0 fully saturated rings. The van der Waals surface area contributed by atoms with E-state index in [0.717, 1.165) is 6.07 Å². The monoisotopic (exact) mass is 442 g/mol. The third-order valence-electron chi connectivity index (χ3n) is 5.09. The van der Waals surface area contributed by atoms with Crippen molar-refractivity contribution in [2.24, 2.45) is 10.7 Å². The van der Waals surface area contributed by atoms with Crippen LogP contribution in [0.25, 0.3) is 11.1 Å². The summed E-state index contributed by atoms with van der Waals surface area (Å²) in [7, 11) is 1.47. The number of aromatic nitrogens is 3. The van der Waals surface area contributed by atoms with Gasteiger partial charge in [-0.3, -0.25) is 14.7 Å². The molecule has 158 valence electrons. The van der Waals surface area contributed by atoms with Gasteiger partial charge in [0.25, 0.3) is 12.3 Å². The van der Waals surface area contributed by atoms with Crippen molar-refractivity contribution in [2.45, 2.75) is 18.9 Å². The number of carbonyl (C=O) groups is 1. The van der Waals surface area contributed by atoms with E-state index in [1.54, 1.807) is 37.5 Å². The number of aliphatic imine (C=N–C) groups is 1. The molecule has 1 atom stereocenters. The van der Waals surface area contributed by atoms with E-state index in [1.807, 2.05) is 0 Å². The predicted octanol–water partition coefficient (Wildman–Crippen LogP) is 3.47. The number of carbonyl (C=O) groups excluding carboxylic acids is 1. The summed E-state index contributed by atoms with van der Waals surface area (Å²) < 4.78 is 26.7. The minimum Gasteiger partial charge on any atom is -0.369 e. The molecule has 2 N–H and O–H groups in total. The maximum Gasteiger partial charge on any atom is 0.280 e. The number of hydrogen-bond donors (Lipinski definition) is 1. The first kappa shape index (κ1) is 20.8. The summed E-state index contributed by atoms with van der Waals surface area (Å²) in [5.74, 6) is 0.0640. The van der Waals surface area contributed by atoms with Gasteiger partial charge in [0.15, 0.2) is 11.5 Å². The fraction of sp³-hybridized carbons (Fsp3) is 0.190. The van der Waals surface area contributed by atoms with E-state index in [4.69, 9.17) is 17.3 Å². The first-order valence-electron chi connectivity index (χ1n) is 9.20. The summed E-state index contributed by atoms with van der Waals surface area (Å²) >= 11 is 6.38. The number of aryl methyl sites for hydroxylation is 1. The predicted molar refractivity (Wildman–Crippen MR) is 112 cm³/mol. The SMILES string of the molecule is Cc1ncc(-c2cc(Cl)cc(C3(c4ccnc(C(F)F)c4)N=C(N)N(C)C3=O)c2)cn1. The van der Waals surface area contributed by atoms with Crippen LogP contribution in [0.2, 0.25) is 5.02 Å². The van der Waals surface area contributed by atoms with Crippen LogP contribution in [0.5, 0.6) is 0 Å². The van der Waals surface area contributed by atoms with Gasteiger partial charge in [0.1, 0.15) is 11.5 Å². The normalized spacial score (nSPS) is 18.6. The Kier molecular flexibility index (Phi) is 5.14. The smallest absolute Gasteiger partial charge is 0.280 e. The zero-order valence-electron chi connectivity index (χ0n) is 16.6. The topological polar surface area (TPSA) is 97.4 Å². The molecule has 3 aromatic rings. The Balaban J connectivity index is 1.97. The average molecular weight is 443 g/mol. The molecule has 7 nitrogen and oxygen atoms in total. The summed E-state index contributed by atoms with van der Waals surface area (Å²) in [6, 6.07) is 7.59. The highest BCUT2D eigenvalue weighted by Crippen LogP contribution is 2.42. The van der Waals surface area contributed by atoms with Gasteiger partial charge in [-0.2, -0.15) is 0 Å². The second-order valence-electron chi connectivity index (χ2n) is 7.06. The van der Waals surface area contributed by atoms with Gasteiger partial charge < -0.3 is 5.73 Å². The molecule has 3 heterocycles. The van der Waals surface area contributed by atoms with Crippen molar-refractivity contribution in [3.8, 4) is 11.1 Å². The third kappa shape index (κ3) is 3.50. The van der Waals surface area contributed by atoms with Crippen molar-refractivity contribution in [3.63, 3.8) is 0 Å². The van der Waals surface area contributed by atoms with Crippen molar-refractivity contribution < 1.29 is 13.6 Å². The van der Waals surface area contributed by atoms with E-state index in [9.17, 15) is 13.6 Å². The molecule has 4 rings (SSSR count). The standard InChI is InChI=1S/C21H17ClF2N6O/c1-11-27-9-13(10-28-11)12-5-15(7-16(22)6-12)21(19(31)30(2)20(25)29-21)14-3-4-26-17(8-14)18(23)24/h3-10,18H,1-2H3,(H2,25,29). The van der Waals surface area contributed by atoms with Crippen LogP contribution in [0.1, 0.15) is 29.1 Å². The van der Waals surface area contributed by atoms with Gasteiger partial charge >= 0.3 is 0 Å². The van der Waals surface area contributed by atoms with E-state index in [2.05, 4.69) is 19.9 Å². The molecular formula is C21H17ClF2N6O. The first-order chi connectivity index (χ1) is 14.7. The molecule has 0 spiro atoms. The van der Waals surface area contributed by atoms with Crippen LogP contribution in [0.3, 0.4) is 0 Å². The van der Waals surface area contributed by atoms with Gasteiger partial charge in [0.05, 0.1) is 0 Å². The molecule has 1 aliphatic heterocycles. The molecule has 1 amide bonds. The van der Waals surface area contributed by atoms with E-state index < -0.39 is 23.6 Å². The van der Waals surface area contributed by atoms with Gasteiger partial charge in [-0.1, -0.05) is 11.6 Å². The Bertz CT molecular complexity index is 1200. The number of rotatable bonds is 4. The summed E-state index contributed by atoms with van der Waals surface area (Å²) in [5, 5.41) is 0.326. The van der Waals surface area contributed by atoms with Crippen LogP contribution in [0, 0.1) is 6.92 Å². The van der Waals surface area contributed by atoms with Crippen LogP contribution in [0.4, 0.5) is 8.78 Å². The number of halogens is 3. The molecule has 10 heteroatoms. The number of hydrogen-bond acceptors (Lipinski definition) is 6. The van der Waals surface area contributed by atoms with Crippen LogP contribution >= 0.6 is 11.6 Å². The summed E-state index contributed by atoms with van der Waals surface area (Å²) in [5.41, 5.74) is 5.70. The summed E-state index contributed by atoms with van der Waals surface area (Å²) in [6.45, 7) is 1.76. The lowest BCUT2D eigenvalue weighted by atomic mass is 9.82. The molecule has 0 radical (unpaired) electrons. The molecule has 2 aromatic heterocycles. The largest absolute Gasteiger partial charge is 0.369 e. The molecule has 1 aliphatic rings. The maximum absolute atomic E-state index is 13.4. The molecule has 0 aliphatic carbocycles. The molecule has 1 aromatic carbocycles. The third-order valence-corrected chi connectivity index (χ3v) is 5.31. The zero-order chi connectivity index (χ0) is 22.3. The van der Waals surface area contributed by atoms with Gasteiger partial charge in [-0.25, -0.2) is 23.7 Å². The van der Waals surface area contributed by atoms with Crippen LogP contribution < -0.4 is 5.73 Å². The number of alkyl halides is 2. The maximum atomic E-state index is 13.4. The quantitative estimate of drug-likeness (QED) is 0.667. The number of amides is 1. The Morgan fingerprint density at radius 1 is 1.06 bits per heavy atom. The van der Waals surface area contributed by atoms with Gasteiger partial charge in [-0.05, 0) is 53.9 Å². The molecule has 31 heavy (non-hydrogen) atoms. The number of likely N-dealkylation sites (N-methyl/N-ethyl adjacent to an activating group) is 1. The lowest BCUT2D eigenvalue weighted by Gasteiger charge is -2.27. The van der Waals surface area contributed by atoms with E-state index in [0.29, 0.717) is 27.5 Å². The Labute approximate surface area is 181 Å². The van der Waals surface area contributed by atoms with Gasteiger partial charge in [0.2, 0.25) is 0 Å². The van der Waals surface area contributed by atoms with Crippen LogP contribution in [-0.4, -0.2) is 38.8 Å². The minimum absolute atomic E-state index is 0.0411. The van der Waals surface area contributed by atoms with Crippen molar-refractivity contribution >= 4 is 23.5 Å². The van der Waals surface area contributed by atoms with E-state index >= 15 is 0 Å². The highest BCUT2D eigenvalue weighted by atomic mass is 35.5. The second kappa shape index (κ2) is 7.66.